The van der Waals surface area contributed by atoms with Crippen LogP contribution in [0.4, 0.5) is 5.82 Å². The third-order valence-corrected chi connectivity index (χ3v) is 2.72. The average molecular weight is 259 g/mol. The van der Waals surface area contributed by atoms with Gasteiger partial charge in [0.1, 0.15) is 23.1 Å². The summed E-state index contributed by atoms with van der Waals surface area (Å²) in [4.78, 5) is 8.35. The largest absolute Gasteiger partial charge is 0.497 e. The molecule has 1 heterocycles. The maximum Gasteiger partial charge on any atom is 0.129 e. The molecule has 100 valence electrons. The quantitative estimate of drug-likeness (QED) is 0.893. The van der Waals surface area contributed by atoms with Crippen LogP contribution in [0.5, 0.6) is 11.5 Å². The van der Waals surface area contributed by atoms with Crippen LogP contribution < -0.4 is 14.8 Å². The summed E-state index contributed by atoms with van der Waals surface area (Å²) >= 11 is 0. The van der Waals surface area contributed by atoms with Gasteiger partial charge in [0.05, 0.1) is 14.2 Å². The van der Waals surface area contributed by atoms with E-state index >= 15 is 0 Å². The number of methoxy groups -OCH3 is 2. The smallest absolute Gasteiger partial charge is 0.129 e. The first-order valence-electron chi connectivity index (χ1n) is 5.97. The lowest BCUT2D eigenvalue weighted by atomic mass is 10.2. The third kappa shape index (κ3) is 3.34. The topological polar surface area (TPSA) is 56.3 Å². The molecule has 0 atom stereocenters. The van der Waals surface area contributed by atoms with Gasteiger partial charge in [0.25, 0.3) is 0 Å². The van der Waals surface area contributed by atoms with E-state index in [0.29, 0.717) is 6.54 Å². The molecule has 0 aliphatic rings. The van der Waals surface area contributed by atoms with E-state index in [0.717, 1.165) is 28.7 Å². The maximum atomic E-state index is 5.33. The molecular formula is C14H17N3O2. The highest BCUT2D eigenvalue weighted by atomic mass is 16.5. The van der Waals surface area contributed by atoms with Gasteiger partial charge in [-0.1, -0.05) is 0 Å². The molecule has 0 saturated carbocycles. The SMILES string of the molecule is COc1ccc(OC)c(CNc2ccnc(C)n2)c1. The Morgan fingerprint density at radius 2 is 2.00 bits per heavy atom. The van der Waals surface area contributed by atoms with E-state index in [1.54, 1.807) is 20.4 Å². The minimum absolute atomic E-state index is 0.608. The summed E-state index contributed by atoms with van der Waals surface area (Å²) in [5.74, 6) is 3.15. The van der Waals surface area contributed by atoms with Crippen molar-refractivity contribution in [3.63, 3.8) is 0 Å². The first-order valence-corrected chi connectivity index (χ1v) is 5.97. The number of nitrogens with one attached hydrogen (secondary N) is 1. The van der Waals surface area contributed by atoms with Gasteiger partial charge in [-0.25, -0.2) is 9.97 Å². The second-order valence-electron chi connectivity index (χ2n) is 4.02. The number of benzene rings is 1. The number of rotatable bonds is 5. The first kappa shape index (κ1) is 13.1. The van der Waals surface area contributed by atoms with Crippen LogP contribution in [0, 0.1) is 6.92 Å². The molecule has 19 heavy (non-hydrogen) atoms. The van der Waals surface area contributed by atoms with Crippen molar-refractivity contribution in [3.8, 4) is 11.5 Å². The van der Waals surface area contributed by atoms with E-state index in [4.69, 9.17) is 9.47 Å². The second kappa shape index (κ2) is 6.04. The lowest BCUT2D eigenvalue weighted by Crippen LogP contribution is -2.04. The molecular weight excluding hydrogens is 242 g/mol. The lowest BCUT2D eigenvalue weighted by Gasteiger charge is -2.11. The average Bonchev–Trinajstić information content (AvgIpc) is 2.45. The number of anilines is 1. The van der Waals surface area contributed by atoms with E-state index in [-0.39, 0.29) is 0 Å². The predicted molar refractivity (Wildman–Crippen MR) is 73.6 cm³/mol. The van der Waals surface area contributed by atoms with Crippen LogP contribution in [0.2, 0.25) is 0 Å². The number of hydrogen-bond acceptors (Lipinski definition) is 5. The first-order chi connectivity index (χ1) is 9.22. The zero-order chi connectivity index (χ0) is 13.7. The van der Waals surface area contributed by atoms with E-state index in [1.165, 1.54) is 0 Å². The molecule has 1 aromatic carbocycles. The second-order valence-corrected chi connectivity index (χ2v) is 4.02. The highest BCUT2D eigenvalue weighted by Gasteiger charge is 2.05. The molecule has 1 aromatic heterocycles. The Kier molecular flexibility index (Phi) is 4.18. The van der Waals surface area contributed by atoms with Gasteiger partial charge in [-0.3, -0.25) is 0 Å². The van der Waals surface area contributed by atoms with Crippen LogP contribution in [-0.2, 0) is 6.54 Å². The summed E-state index contributed by atoms with van der Waals surface area (Å²) in [5.41, 5.74) is 1.01. The van der Waals surface area contributed by atoms with Gasteiger partial charge in [-0.05, 0) is 31.2 Å². The van der Waals surface area contributed by atoms with Gasteiger partial charge < -0.3 is 14.8 Å². The van der Waals surface area contributed by atoms with Crippen molar-refractivity contribution >= 4 is 5.82 Å². The van der Waals surface area contributed by atoms with Gasteiger partial charge >= 0.3 is 0 Å². The van der Waals surface area contributed by atoms with E-state index in [2.05, 4.69) is 15.3 Å². The molecule has 0 aliphatic heterocycles. The standard InChI is InChI=1S/C14H17N3O2/c1-10-15-7-6-14(17-10)16-9-11-8-12(18-2)4-5-13(11)19-3/h4-8H,9H2,1-3H3,(H,15,16,17). The van der Waals surface area contributed by atoms with E-state index < -0.39 is 0 Å². The Morgan fingerprint density at radius 1 is 1.16 bits per heavy atom. The monoisotopic (exact) mass is 259 g/mol. The number of aromatic nitrogens is 2. The van der Waals surface area contributed by atoms with Crippen LogP contribution in [0.15, 0.2) is 30.5 Å². The molecule has 0 spiro atoms. The molecule has 5 nitrogen and oxygen atoms in total. The minimum Gasteiger partial charge on any atom is -0.497 e. The van der Waals surface area contributed by atoms with Crippen LogP contribution in [0.1, 0.15) is 11.4 Å². The van der Waals surface area contributed by atoms with E-state index in [9.17, 15) is 0 Å². The van der Waals surface area contributed by atoms with Crippen molar-refractivity contribution in [2.24, 2.45) is 0 Å². The zero-order valence-corrected chi connectivity index (χ0v) is 11.3. The van der Waals surface area contributed by atoms with Crippen molar-refractivity contribution in [2.75, 3.05) is 19.5 Å². The number of ether oxygens (including phenoxy) is 2. The fraction of sp³-hybridized carbons (Fsp3) is 0.286. The predicted octanol–water partition coefficient (Wildman–Crippen LogP) is 2.41. The summed E-state index contributed by atoms with van der Waals surface area (Å²) in [5, 5.41) is 3.24. The lowest BCUT2D eigenvalue weighted by molar-refractivity contribution is 0.399. The van der Waals surface area contributed by atoms with Gasteiger partial charge in [-0.15, -0.1) is 0 Å². The Hall–Kier alpha value is -2.30. The van der Waals surface area contributed by atoms with Gasteiger partial charge in [0, 0.05) is 18.3 Å². The molecule has 2 aromatic rings. The summed E-state index contributed by atoms with van der Waals surface area (Å²) in [6.45, 7) is 2.47. The molecule has 0 fully saturated rings. The number of aryl methyl sites for hydroxylation is 1. The molecule has 1 N–H and O–H groups in total. The van der Waals surface area contributed by atoms with Crippen LogP contribution >= 0.6 is 0 Å². The fourth-order valence-electron chi connectivity index (χ4n) is 1.76. The summed E-state index contributed by atoms with van der Waals surface area (Å²) in [6, 6.07) is 7.54. The van der Waals surface area contributed by atoms with Gasteiger partial charge in [0.15, 0.2) is 0 Å². The summed E-state index contributed by atoms with van der Waals surface area (Å²) in [7, 11) is 3.30. The molecule has 0 unspecified atom stereocenters. The van der Waals surface area contributed by atoms with E-state index in [1.807, 2.05) is 31.2 Å². The minimum atomic E-state index is 0.608. The number of nitrogens with zero attached hydrogens (tertiary/aromatic N) is 2. The van der Waals surface area contributed by atoms with Crippen molar-refractivity contribution in [1.82, 2.24) is 9.97 Å². The van der Waals surface area contributed by atoms with Crippen LogP contribution in [0.25, 0.3) is 0 Å². The molecule has 0 aliphatic carbocycles. The molecule has 5 heteroatoms. The van der Waals surface area contributed by atoms with Gasteiger partial charge in [0.2, 0.25) is 0 Å². The fourth-order valence-corrected chi connectivity index (χ4v) is 1.76. The highest BCUT2D eigenvalue weighted by Crippen LogP contribution is 2.24. The Labute approximate surface area is 112 Å². The molecule has 0 saturated heterocycles. The molecule has 0 bridgehead atoms. The number of hydrogen-bond donors (Lipinski definition) is 1. The van der Waals surface area contributed by atoms with Crippen molar-refractivity contribution in [3.05, 3.63) is 41.9 Å². The highest BCUT2D eigenvalue weighted by molar-refractivity contribution is 5.43. The zero-order valence-electron chi connectivity index (χ0n) is 11.3. The maximum absolute atomic E-state index is 5.33. The van der Waals surface area contributed by atoms with Crippen molar-refractivity contribution in [1.29, 1.82) is 0 Å². The van der Waals surface area contributed by atoms with Crippen LogP contribution in [0.3, 0.4) is 0 Å². The Bertz CT molecular complexity index is 558. The third-order valence-electron chi connectivity index (χ3n) is 2.72. The summed E-state index contributed by atoms with van der Waals surface area (Å²) in [6.07, 6.45) is 1.73. The van der Waals surface area contributed by atoms with Crippen LogP contribution in [-0.4, -0.2) is 24.2 Å². The normalized spacial score (nSPS) is 10.1. The molecule has 2 rings (SSSR count). The van der Waals surface area contributed by atoms with Crippen molar-refractivity contribution in [2.45, 2.75) is 13.5 Å². The Balaban J connectivity index is 2.14. The molecule has 0 radical (unpaired) electrons. The Morgan fingerprint density at radius 3 is 2.68 bits per heavy atom. The summed E-state index contributed by atoms with van der Waals surface area (Å²) < 4.78 is 10.5. The molecule has 0 amide bonds. The van der Waals surface area contributed by atoms with Crippen molar-refractivity contribution < 1.29 is 9.47 Å². The van der Waals surface area contributed by atoms with Gasteiger partial charge in [-0.2, -0.15) is 0 Å².